The van der Waals surface area contributed by atoms with Gasteiger partial charge in [0, 0.05) is 28.7 Å². The summed E-state index contributed by atoms with van der Waals surface area (Å²) in [5.74, 6) is -1.21. The molecule has 0 saturated heterocycles. The zero-order chi connectivity index (χ0) is 24.5. The van der Waals surface area contributed by atoms with Gasteiger partial charge in [0.15, 0.2) is 0 Å². The number of hydrogen-bond acceptors (Lipinski definition) is 6. The number of ether oxygens (including phenoxy) is 1. The third-order valence-corrected chi connectivity index (χ3v) is 5.06. The number of hydrazone groups is 1. The van der Waals surface area contributed by atoms with Crippen LogP contribution in [0.2, 0.25) is 10.0 Å². The number of non-ortho nitro benzene ring substituents is 1. The summed E-state index contributed by atoms with van der Waals surface area (Å²) in [6, 6.07) is 17.7. The SMILES string of the molecule is O=C(NCc1ccc(Cl)cc1Cl)C(=O)N/N=C/c1ccc(OCc2ccc([N+](=O)[O-])cc2)cc1. The van der Waals surface area contributed by atoms with Gasteiger partial charge in [-0.25, -0.2) is 5.43 Å². The van der Waals surface area contributed by atoms with Crippen LogP contribution in [0.3, 0.4) is 0 Å². The minimum atomic E-state index is -0.926. The Hall–Kier alpha value is -3.95. The Kier molecular flexibility index (Phi) is 8.55. The zero-order valence-corrected chi connectivity index (χ0v) is 19.0. The van der Waals surface area contributed by atoms with Gasteiger partial charge in [-0.05, 0) is 65.2 Å². The molecule has 9 nitrogen and oxygen atoms in total. The maximum Gasteiger partial charge on any atom is 0.329 e. The molecule has 0 atom stereocenters. The molecular formula is C23H18Cl2N4O5. The van der Waals surface area contributed by atoms with Crippen LogP contribution in [0.15, 0.2) is 71.8 Å². The Bertz CT molecular complexity index is 1220. The first-order valence-electron chi connectivity index (χ1n) is 9.83. The number of benzene rings is 3. The molecule has 0 fully saturated rings. The topological polar surface area (TPSA) is 123 Å². The third kappa shape index (κ3) is 7.29. The first-order chi connectivity index (χ1) is 16.3. The van der Waals surface area contributed by atoms with Crippen LogP contribution >= 0.6 is 23.2 Å². The number of carbonyl (C=O) groups is 2. The average Bonchev–Trinajstić information content (AvgIpc) is 2.83. The molecule has 0 saturated carbocycles. The van der Waals surface area contributed by atoms with E-state index in [1.165, 1.54) is 18.3 Å². The molecule has 0 aromatic heterocycles. The largest absolute Gasteiger partial charge is 0.489 e. The van der Waals surface area contributed by atoms with Crippen molar-refractivity contribution < 1.29 is 19.2 Å². The smallest absolute Gasteiger partial charge is 0.329 e. The van der Waals surface area contributed by atoms with Crippen LogP contribution in [0, 0.1) is 10.1 Å². The van der Waals surface area contributed by atoms with Gasteiger partial charge < -0.3 is 10.1 Å². The van der Waals surface area contributed by atoms with E-state index in [0.29, 0.717) is 26.9 Å². The summed E-state index contributed by atoms with van der Waals surface area (Å²) in [7, 11) is 0. The molecule has 0 aliphatic rings. The van der Waals surface area contributed by atoms with Crippen molar-refractivity contribution in [2.75, 3.05) is 0 Å². The molecule has 0 spiro atoms. The molecule has 11 heteroatoms. The van der Waals surface area contributed by atoms with Crippen molar-refractivity contribution in [3.8, 4) is 5.75 Å². The van der Waals surface area contributed by atoms with Crippen molar-refractivity contribution in [2.24, 2.45) is 5.10 Å². The number of carbonyl (C=O) groups excluding carboxylic acids is 2. The molecule has 174 valence electrons. The van der Waals surface area contributed by atoms with E-state index in [1.807, 2.05) is 0 Å². The summed E-state index contributed by atoms with van der Waals surface area (Å²) in [4.78, 5) is 34.0. The number of nitrogens with one attached hydrogen (secondary N) is 2. The predicted molar refractivity (Wildman–Crippen MR) is 128 cm³/mol. The second kappa shape index (κ2) is 11.8. The molecule has 0 aliphatic heterocycles. The number of hydrogen-bond donors (Lipinski definition) is 2. The van der Waals surface area contributed by atoms with Crippen molar-refractivity contribution in [3.05, 3.63) is 104 Å². The van der Waals surface area contributed by atoms with Crippen molar-refractivity contribution in [3.63, 3.8) is 0 Å². The lowest BCUT2D eigenvalue weighted by atomic mass is 10.2. The van der Waals surface area contributed by atoms with Crippen molar-refractivity contribution >= 4 is 46.9 Å². The average molecular weight is 501 g/mol. The summed E-state index contributed by atoms with van der Waals surface area (Å²) in [6.07, 6.45) is 1.38. The lowest BCUT2D eigenvalue weighted by molar-refractivity contribution is -0.384. The van der Waals surface area contributed by atoms with E-state index in [9.17, 15) is 19.7 Å². The zero-order valence-electron chi connectivity index (χ0n) is 17.5. The Morgan fingerprint density at radius 3 is 2.35 bits per heavy atom. The Balaban J connectivity index is 1.43. The highest BCUT2D eigenvalue weighted by atomic mass is 35.5. The van der Waals surface area contributed by atoms with Gasteiger partial charge >= 0.3 is 11.8 Å². The van der Waals surface area contributed by atoms with Crippen LogP contribution < -0.4 is 15.5 Å². The van der Waals surface area contributed by atoms with E-state index in [1.54, 1.807) is 54.6 Å². The molecule has 0 bridgehead atoms. The maximum absolute atomic E-state index is 11.9. The molecule has 34 heavy (non-hydrogen) atoms. The van der Waals surface area contributed by atoms with Crippen LogP contribution in [-0.4, -0.2) is 23.0 Å². The van der Waals surface area contributed by atoms with Crippen molar-refractivity contribution in [1.82, 2.24) is 10.7 Å². The second-order valence-corrected chi connectivity index (χ2v) is 7.74. The number of nitro benzene ring substituents is 1. The quantitative estimate of drug-likeness (QED) is 0.207. The molecule has 3 rings (SSSR count). The van der Waals surface area contributed by atoms with Crippen LogP contribution in [0.4, 0.5) is 5.69 Å². The highest BCUT2D eigenvalue weighted by Gasteiger charge is 2.13. The van der Waals surface area contributed by atoms with Gasteiger partial charge in [0.25, 0.3) is 5.69 Å². The number of halogens is 2. The number of nitro groups is 1. The van der Waals surface area contributed by atoms with Gasteiger partial charge in [0.2, 0.25) is 0 Å². The minimum absolute atomic E-state index is 0.0166. The third-order valence-electron chi connectivity index (χ3n) is 4.47. The van der Waals surface area contributed by atoms with E-state index >= 15 is 0 Å². The molecule has 0 radical (unpaired) electrons. The summed E-state index contributed by atoms with van der Waals surface area (Å²) in [5.41, 5.74) is 4.23. The first kappa shape index (κ1) is 24.7. The summed E-state index contributed by atoms with van der Waals surface area (Å²) < 4.78 is 5.65. The molecule has 3 aromatic rings. The number of rotatable bonds is 8. The molecule has 0 unspecified atom stereocenters. The highest BCUT2D eigenvalue weighted by molar-refractivity contribution is 6.36. The second-order valence-electron chi connectivity index (χ2n) is 6.90. The van der Waals surface area contributed by atoms with Gasteiger partial charge in [-0.1, -0.05) is 29.3 Å². The van der Waals surface area contributed by atoms with Gasteiger partial charge in [0.1, 0.15) is 12.4 Å². The van der Waals surface area contributed by atoms with E-state index < -0.39 is 16.7 Å². The summed E-state index contributed by atoms with van der Waals surface area (Å²) >= 11 is 11.9. The first-order valence-corrected chi connectivity index (χ1v) is 10.6. The van der Waals surface area contributed by atoms with Gasteiger partial charge in [-0.2, -0.15) is 5.10 Å². The fraction of sp³-hybridized carbons (Fsp3) is 0.0870. The lowest BCUT2D eigenvalue weighted by Gasteiger charge is -2.07. The molecule has 0 heterocycles. The van der Waals surface area contributed by atoms with Crippen LogP contribution in [0.25, 0.3) is 0 Å². The van der Waals surface area contributed by atoms with E-state index in [-0.39, 0.29) is 18.8 Å². The highest BCUT2D eigenvalue weighted by Crippen LogP contribution is 2.20. The maximum atomic E-state index is 11.9. The van der Waals surface area contributed by atoms with Crippen molar-refractivity contribution in [2.45, 2.75) is 13.2 Å². The predicted octanol–water partition coefficient (Wildman–Crippen LogP) is 4.25. The van der Waals surface area contributed by atoms with Gasteiger partial charge in [-0.3, -0.25) is 19.7 Å². The van der Waals surface area contributed by atoms with Crippen LogP contribution in [0.1, 0.15) is 16.7 Å². The summed E-state index contributed by atoms with van der Waals surface area (Å²) in [6.45, 7) is 0.311. The monoisotopic (exact) mass is 500 g/mol. The van der Waals surface area contributed by atoms with Crippen LogP contribution in [0.5, 0.6) is 5.75 Å². The molecular weight excluding hydrogens is 483 g/mol. The number of nitrogens with zero attached hydrogens (tertiary/aromatic N) is 2. The lowest BCUT2D eigenvalue weighted by Crippen LogP contribution is -2.37. The Labute approximate surface area is 204 Å². The van der Waals surface area contributed by atoms with E-state index in [4.69, 9.17) is 27.9 Å². The van der Waals surface area contributed by atoms with Gasteiger partial charge in [0.05, 0.1) is 11.1 Å². The fourth-order valence-corrected chi connectivity index (χ4v) is 3.14. The molecule has 2 N–H and O–H groups in total. The standard InChI is InChI=1S/C23H18Cl2N4O5/c24-18-6-5-17(21(25)11-18)13-26-22(30)23(31)28-27-12-15-3-9-20(10-4-15)34-14-16-1-7-19(8-2-16)29(32)33/h1-12H,13-14H2,(H,26,30)(H,28,31)/b27-12+. The Morgan fingerprint density at radius 2 is 1.71 bits per heavy atom. The Morgan fingerprint density at radius 1 is 1.00 bits per heavy atom. The molecule has 3 aromatic carbocycles. The van der Waals surface area contributed by atoms with E-state index in [2.05, 4.69) is 15.8 Å². The van der Waals surface area contributed by atoms with Crippen LogP contribution in [-0.2, 0) is 22.7 Å². The number of amides is 2. The van der Waals surface area contributed by atoms with E-state index in [0.717, 1.165) is 5.56 Å². The minimum Gasteiger partial charge on any atom is -0.489 e. The molecule has 2 amide bonds. The van der Waals surface area contributed by atoms with Gasteiger partial charge in [-0.15, -0.1) is 0 Å². The van der Waals surface area contributed by atoms with Crippen molar-refractivity contribution in [1.29, 1.82) is 0 Å². The fourth-order valence-electron chi connectivity index (χ4n) is 2.67. The normalized spacial score (nSPS) is 10.6. The molecule has 0 aliphatic carbocycles. The summed E-state index contributed by atoms with van der Waals surface area (Å²) in [5, 5.41) is 17.8.